The Kier molecular flexibility index (Phi) is 2.13. The predicted molar refractivity (Wildman–Crippen MR) is 52.9 cm³/mol. The molecular formula is C8H9N5O2. The number of ether oxygens (including phenoxy) is 1. The predicted octanol–water partition coefficient (Wildman–Crippen LogP) is -0.454. The van der Waals surface area contributed by atoms with E-state index in [4.69, 9.17) is 10.5 Å². The van der Waals surface area contributed by atoms with Gasteiger partial charge in [0.05, 0.1) is 13.4 Å². The average molecular weight is 207 g/mol. The van der Waals surface area contributed by atoms with E-state index in [0.29, 0.717) is 11.6 Å². The number of aromatic amines is 1. The minimum Gasteiger partial charge on any atom is -0.488 e. The van der Waals surface area contributed by atoms with Crippen molar-refractivity contribution in [3.05, 3.63) is 28.9 Å². The third-order valence-corrected chi connectivity index (χ3v) is 1.82. The SMILES string of the molecule is COc1c(-n2ccc(N)n2)nc[nH]c1=O. The Balaban J connectivity index is 2.62. The maximum absolute atomic E-state index is 11.4. The minimum atomic E-state index is -0.364. The molecule has 2 heterocycles. The molecule has 0 spiro atoms. The summed E-state index contributed by atoms with van der Waals surface area (Å²) in [6, 6.07) is 1.60. The minimum absolute atomic E-state index is 0.0978. The van der Waals surface area contributed by atoms with Crippen molar-refractivity contribution in [2.45, 2.75) is 0 Å². The fraction of sp³-hybridized carbons (Fsp3) is 0.125. The van der Waals surface area contributed by atoms with Crippen molar-refractivity contribution in [3.63, 3.8) is 0 Å². The highest BCUT2D eigenvalue weighted by molar-refractivity contribution is 5.39. The average Bonchev–Trinajstić information content (AvgIpc) is 2.64. The number of hydrogen-bond donors (Lipinski definition) is 2. The molecule has 0 amide bonds. The van der Waals surface area contributed by atoms with Gasteiger partial charge in [0, 0.05) is 12.3 Å². The first kappa shape index (κ1) is 9.25. The molecule has 3 N–H and O–H groups in total. The molecule has 2 aromatic rings. The van der Waals surface area contributed by atoms with Gasteiger partial charge >= 0.3 is 0 Å². The second-order valence-electron chi connectivity index (χ2n) is 2.77. The molecule has 2 aromatic heterocycles. The van der Waals surface area contributed by atoms with E-state index < -0.39 is 0 Å². The second kappa shape index (κ2) is 3.45. The number of nitrogen functional groups attached to an aromatic ring is 1. The van der Waals surface area contributed by atoms with Crippen LogP contribution in [-0.4, -0.2) is 26.9 Å². The molecule has 0 aliphatic carbocycles. The molecule has 0 atom stereocenters. The van der Waals surface area contributed by atoms with Gasteiger partial charge in [0.25, 0.3) is 5.56 Å². The number of nitrogens with one attached hydrogen (secondary N) is 1. The van der Waals surface area contributed by atoms with Crippen LogP contribution in [0.5, 0.6) is 5.75 Å². The number of methoxy groups -OCH3 is 1. The summed E-state index contributed by atoms with van der Waals surface area (Å²) >= 11 is 0. The fourth-order valence-electron chi connectivity index (χ4n) is 1.18. The first-order valence-corrected chi connectivity index (χ1v) is 4.15. The summed E-state index contributed by atoms with van der Waals surface area (Å²) in [4.78, 5) is 17.7. The van der Waals surface area contributed by atoms with Crippen molar-refractivity contribution >= 4 is 5.82 Å². The summed E-state index contributed by atoms with van der Waals surface area (Å²) in [6.07, 6.45) is 2.87. The molecule has 0 bridgehead atoms. The summed E-state index contributed by atoms with van der Waals surface area (Å²) in [5, 5.41) is 3.93. The molecule has 7 heteroatoms. The zero-order chi connectivity index (χ0) is 10.8. The maximum Gasteiger partial charge on any atom is 0.295 e. The highest BCUT2D eigenvalue weighted by atomic mass is 16.5. The van der Waals surface area contributed by atoms with Crippen LogP contribution in [0.25, 0.3) is 5.82 Å². The fourth-order valence-corrected chi connectivity index (χ4v) is 1.18. The van der Waals surface area contributed by atoms with Crippen LogP contribution in [0.2, 0.25) is 0 Å². The van der Waals surface area contributed by atoms with Crippen LogP contribution in [0, 0.1) is 0 Å². The van der Waals surface area contributed by atoms with Gasteiger partial charge in [-0.1, -0.05) is 0 Å². The van der Waals surface area contributed by atoms with E-state index in [0.717, 1.165) is 0 Å². The second-order valence-corrected chi connectivity index (χ2v) is 2.77. The van der Waals surface area contributed by atoms with Crippen LogP contribution < -0.4 is 16.0 Å². The molecule has 0 aliphatic rings. The first-order valence-electron chi connectivity index (χ1n) is 4.15. The lowest BCUT2D eigenvalue weighted by Crippen LogP contribution is -2.14. The molecular weight excluding hydrogens is 198 g/mol. The van der Waals surface area contributed by atoms with Gasteiger partial charge in [0.15, 0.2) is 0 Å². The van der Waals surface area contributed by atoms with Gasteiger partial charge in [-0.05, 0) is 0 Å². The van der Waals surface area contributed by atoms with Crippen LogP contribution in [0.4, 0.5) is 5.82 Å². The smallest absolute Gasteiger partial charge is 0.295 e. The standard InChI is InChI=1S/C8H9N5O2/c1-15-6-7(10-4-11-8(6)14)13-3-2-5(9)12-13/h2-4H,1H3,(H2,9,12)(H,10,11,14). The Morgan fingerprint density at radius 3 is 3.00 bits per heavy atom. The summed E-state index contributed by atoms with van der Waals surface area (Å²) in [5.41, 5.74) is 5.09. The van der Waals surface area contributed by atoms with E-state index in [1.54, 1.807) is 12.3 Å². The van der Waals surface area contributed by atoms with Gasteiger partial charge in [0.2, 0.25) is 11.6 Å². The molecule has 2 rings (SSSR count). The Morgan fingerprint density at radius 1 is 1.60 bits per heavy atom. The Labute approximate surface area is 84.5 Å². The van der Waals surface area contributed by atoms with E-state index >= 15 is 0 Å². The molecule has 0 aromatic carbocycles. The highest BCUT2D eigenvalue weighted by Gasteiger charge is 2.11. The van der Waals surface area contributed by atoms with Crippen molar-refractivity contribution in [2.75, 3.05) is 12.8 Å². The molecule has 0 unspecified atom stereocenters. The zero-order valence-corrected chi connectivity index (χ0v) is 7.97. The summed E-state index contributed by atoms with van der Waals surface area (Å²) in [7, 11) is 1.39. The van der Waals surface area contributed by atoms with Crippen molar-refractivity contribution in [1.82, 2.24) is 19.7 Å². The quantitative estimate of drug-likeness (QED) is 0.694. The number of H-pyrrole nitrogens is 1. The summed E-state index contributed by atoms with van der Waals surface area (Å²) in [6.45, 7) is 0. The molecule has 78 valence electrons. The van der Waals surface area contributed by atoms with Crippen molar-refractivity contribution in [3.8, 4) is 11.6 Å². The van der Waals surface area contributed by atoms with Gasteiger partial charge in [-0.15, -0.1) is 5.10 Å². The lowest BCUT2D eigenvalue weighted by Gasteiger charge is -2.04. The lowest BCUT2D eigenvalue weighted by molar-refractivity contribution is 0.402. The number of aromatic nitrogens is 4. The van der Waals surface area contributed by atoms with Crippen LogP contribution >= 0.6 is 0 Å². The van der Waals surface area contributed by atoms with E-state index in [2.05, 4.69) is 15.1 Å². The highest BCUT2D eigenvalue weighted by Crippen LogP contribution is 2.13. The summed E-state index contributed by atoms with van der Waals surface area (Å²) in [5.74, 6) is 0.748. The number of anilines is 1. The summed E-state index contributed by atoms with van der Waals surface area (Å²) < 4.78 is 6.31. The van der Waals surface area contributed by atoms with Crippen molar-refractivity contribution in [1.29, 1.82) is 0 Å². The maximum atomic E-state index is 11.4. The first-order chi connectivity index (χ1) is 7.22. The molecule has 0 radical (unpaired) electrons. The van der Waals surface area contributed by atoms with E-state index in [1.807, 2.05) is 0 Å². The Hall–Kier alpha value is -2.31. The van der Waals surface area contributed by atoms with Crippen molar-refractivity contribution in [2.24, 2.45) is 0 Å². The number of nitrogens with zero attached hydrogens (tertiary/aromatic N) is 3. The normalized spacial score (nSPS) is 10.2. The number of nitrogens with two attached hydrogens (primary N) is 1. The molecule has 7 nitrogen and oxygen atoms in total. The van der Waals surface area contributed by atoms with Gasteiger partial charge < -0.3 is 15.5 Å². The van der Waals surface area contributed by atoms with E-state index in [-0.39, 0.29) is 11.3 Å². The van der Waals surface area contributed by atoms with Gasteiger partial charge in [-0.25, -0.2) is 9.67 Å². The Morgan fingerprint density at radius 2 is 2.40 bits per heavy atom. The topological polar surface area (TPSA) is 98.8 Å². The number of rotatable bonds is 2. The van der Waals surface area contributed by atoms with Crippen LogP contribution in [0.15, 0.2) is 23.4 Å². The molecule has 0 fully saturated rings. The third-order valence-electron chi connectivity index (χ3n) is 1.82. The Bertz CT molecular complexity index is 530. The van der Waals surface area contributed by atoms with Crippen LogP contribution in [-0.2, 0) is 0 Å². The molecule has 0 saturated carbocycles. The van der Waals surface area contributed by atoms with Crippen LogP contribution in [0.1, 0.15) is 0 Å². The molecule has 0 saturated heterocycles. The van der Waals surface area contributed by atoms with Gasteiger partial charge in [0.1, 0.15) is 5.82 Å². The van der Waals surface area contributed by atoms with E-state index in [9.17, 15) is 4.79 Å². The largest absolute Gasteiger partial charge is 0.488 e. The van der Waals surface area contributed by atoms with E-state index in [1.165, 1.54) is 18.1 Å². The monoisotopic (exact) mass is 207 g/mol. The lowest BCUT2D eigenvalue weighted by atomic mass is 10.5. The zero-order valence-electron chi connectivity index (χ0n) is 7.97. The molecule has 0 aliphatic heterocycles. The number of hydrogen-bond acceptors (Lipinski definition) is 5. The van der Waals surface area contributed by atoms with Crippen LogP contribution in [0.3, 0.4) is 0 Å². The van der Waals surface area contributed by atoms with Gasteiger partial charge in [-0.3, -0.25) is 4.79 Å². The molecule has 15 heavy (non-hydrogen) atoms. The van der Waals surface area contributed by atoms with Gasteiger partial charge in [-0.2, -0.15) is 0 Å². The third kappa shape index (κ3) is 1.54. The van der Waals surface area contributed by atoms with Crippen molar-refractivity contribution < 1.29 is 4.74 Å².